The fourth-order valence-corrected chi connectivity index (χ4v) is 5.63. The van der Waals surface area contributed by atoms with Crippen molar-refractivity contribution in [2.45, 2.75) is 75.7 Å². The summed E-state index contributed by atoms with van der Waals surface area (Å²) in [7, 11) is 0. The summed E-state index contributed by atoms with van der Waals surface area (Å²) in [6, 6.07) is 24.2. The fraction of sp³-hybridized carbons (Fsp3) is 0.344. The first-order valence-electron chi connectivity index (χ1n) is 14.2. The first kappa shape index (κ1) is 30.0. The Morgan fingerprint density at radius 3 is 2.39 bits per heavy atom. The number of nitrogens with one attached hydrogen (secondary N) is 1. The van der Waals surface area contributed by atoms with E-state index in [1.165, 1.54) is 24.1 Å². The molecule has 1 aromatic heterocycles. The highest BCUT2D eigenvalue weighted by molar-refractivity contribution is 7.98. The lowest BCUT2D eigenvalue weighted by atomic mass is 10.0. The highest BCUT2D eigenvalue weighted by Crippen LogP contribution is 2.30. The van der Waals surface area contributed by atoms with Gasteiger partial charge in [-0.05, 0) is 43.0 Å². The quantitative estimate of drug-likeness (QED) is 0.0684. The number of unbranched alkanes of at least 4 members (excludes halogenated alkanes) is 4. The molecule has 0 saturated carbocycles. The van der Waals surface area contributed by atoms with Gasteiger partial charge < -0.3 is 5.32 Å². The molecule has 1 N–H and O–H groups in total. The van der Waals surface area contributed by atoms with Gasteiger partial charge in [0.2, 0.25) is 5.91 Å². The number of hydrogen-bond acceptors (Lipinski definition) is 6. The molecule has 0 fully saturated rings. The van der Waals surface area contributed by atoms with Crippen molar-refractivity contribution >= 4 is 23.4 Å². The van der Waals surface area contributed by atoms with Crippen LogP contribution in [0.2, 0.25) is 0 Å². The van der Waals surface area contributed by atoms with Gasteiger partial charge in [0, 0.05) is 30.0 Å². The zero-order valence-corrected chi connectivity index (χ0v) is 24.5. The van der Waals surface area contributed by atoms with E-state index in [2.05, 4.69) is 47.6 Å². The maximum absolute atomic E-state index is 13.1. The molecule has 1 heterocycles. The Labute approximate surface area is 245 Å². The zero-order valence-electron chi connectivity index (χ0n) is 23.7. The molecule has 4 aromatic rings. The minimum Gasteiger partial charge on any atom is -0.346 e. The number of aryl methyl sites for hydroxylation is 1. The van der Waals surface area contributed by atoms with Crippen LogP contribution in [0.5, 0.6) is 0 Å². The van der Waals surface area contributed by atoms with Gasteiger partial charge in [-0.2, -0.15) is 0 Å². The van der Waals surface area contributed by atoms with Crippen molar-refractivity contribution in [2.24, 2.45) is 0 Å². The summed E-state index contributed by atoms with van der Waals surface area (Å²) in [5, 5.41) is 24.3. The van der Waals surface area contributed by atoms with E-state index in [4.69, 9.17) is 0 Å². The van der Waals surface area contributed by atoms with Crippen LogP contribution in [0, 0.1) is 17.0 Å². The molecule has 0 radical (unpaired) electrons. The molecule has 0 spiro atoms. The Hall–Kier alpha value is -3.98. The number of carbonyl (C=O) groups excluding carboxylic acids is 1. The van der Waals surface area contributed by atoms with E-state index in [1.807, 2.05) is 41.0 Å². The minimum absolute atomic E-state index is 0.00884. The molecular formula is C32H37N5O3S. The third-order valence-corrected chi connectivity index (χ3v) is 7.86. The number of non-ortho nitro benzene ring substituents is 1. The summed E-state index contributed by atoms with van der Waals surface area (Å²) < 4.78 is 1.92. The fourth-order valence-electron chi connectivity index (χ4n) is 4.73. The third kappa shape index (κ3) is 8.75. The first-order valence-corrected chi connectivity index (χ1v) is 15.1. The standard InChI is InChI=1S/C32H37N5O3S/c1-3-4-5-6-10-16-30(38)33-29(22-25-13-8-7-9-14-25)31-34-35-32(41-23-26-15-11-12-24(2)21-26)36(31)27-17-19-28(20-18-27)37(39)40/h7-9,11-15,17-21,29H,3-6,10,16,22-23H2,1-2H3,(H,33,38)/t29-/m0/s1. The SMILES string of the molecule is CCCCCCCC(=O)N[C@@H](Cc1ccccc1)c1nnc(SCc2cccc(C)c2)n1-c1ccc([N+](=O)[O-])cc1. The van der Waals surface area contributed by atoms with Crippen LogP contribution in [0.25, 0.3) is 5.69 Å². The Bertz CT molecular complexity index is 1420. The maximum Gasteiger partial charge on any atom is 0.269 e. The van der Waals surface area contributed by atoms with E-state index in [-0.39, 0.29) is 11.6 Å². The van der Waals surface area contributed by atoms with Crippen molar-refractivity contribution in [3.63, 3.8) is 0 Å². The summed E-state index contributed by atoms with van der Waals surface area (Å²) in [6.45, 7) is 4.24. The second-order valence-electron chi connectivity index (χ2n) is 10.2. The van der Waals surface area contributed by atoms with Crippen LogP contribution in [0.3, 0.4) is 0 Å². The van der Waals surface area contributed by atoms with Crippen molar-refractivity contribution in [2.75, 3.05) is 0 Å². The number of rotatable bonds is 15. The van der Waals surface area contributed by atoms with Crippen LogP contribution >= 0.6 is 11.8 Å². The van der Waals surface area contributed by atoms with E-state index in [0.29, 0.717) is 35.3 Å². The number of nitrogens with zero attached hydrogens (tertiary/aromatic N) is 4. The van der Waals surface area contributed by atoms with Crippen molar-refractivity contribution in [1.82, 2.24) is 20.1 Å². The molecule has 0 aliphatic heterocycles. The van der Waals surface area contributed by atoms with Crippen molar-refractivity contribution in [3.8, 4) is 5.69 Å². The average Bonchev–Trinajstić information content (AvgIpc) is 3.40. The van der Waals surface area contributed by atoms with Crippen molar-refractivity contribution in [1.29, 1.82) is 0 Å². The van der Waals surface area contributed by atoms with Crippen LogP contribution < -0.4 is 5.32 Å². The summed E-state index contributed by atoms with van der Waals surface area (Å²) in [5.41, 5.74) is 4.12. The maximum atomic E-state index is 13.1. The molecule has 9 heteroatoms. The molecule has 3 aromatic carbocycles. The Balaban J connectivity index is 1.66. The van der Waals surface area contributed by atoms with Crippen LogP contribution in [-0.4, -0.2) is 25.6 Å². The number of amides is 1. The van der Waals surface area contributed by atoms with Crippen molar-refractivity contribution < 1.29 is 9.72 Å². The normalized spacial score (nSPS) is 11.8. The number of benzene rings is 3. The molecule has 0 aliphatic rings. The number of aromatic nitrogens is 3. The Morgan fingerprint density at radius 1 is 0.951 bits per heavy atom. The lowest BCUT2D eigenvalue weighted by Crippen LogP contribution is -2.31. The third-order valence-electron chi connectivity index (χ3n) is 6.86. The smallest absolute Gasteiger partial charge is 0.269 e. The van der Waals surface area contributed by atoms with Crippen LogP contribution in [-0.2, 0) is 17.0 Å². The van der Waals surface area contributed by atoms with E-state index < -0.39 is 11.0 Å². The van der Waals surface area contributed by atoms with Gasteiger partial charge in [-0.25, -0.2) is 0 Å². The van der Waals surface area contributed by atoms with E-state index in [9.17, 15) is 14.9 Å². The molecule has 1 amide bonds. The van der Waals surface area contributed by atoms with Crippen LogP contribution in [0.15, 0.2) is 84.0 Å². The number of nitro groups is 1. The zero-order chi connectivity index (χ0) is 29.0. The first-order chi connectivity index (χ1) is 19.9. The van der Waals surface area contributed by atoms with E-state index >= 15 is 0 Å². The second kappa shape index (κ2) is 15.1. The highest BCUT2D eigenvalue weighted by atomic mass is 32.2. The topological polar surface area (TPSA) is 103 Å². The van der Waals surface area contributed by atoms with Gasteiger partial charge in [0.25, 0.3) is 5.69 Å². The summed E-state index contributed by atoms with van der Waals surface area (Å²) >= 11 is 1.54. The van der Waals surface area contributed by atoms with Gasteiger partial charge in [0.1, 0.15) is 0 Å². The highest BCUT2D eigenvalue weighted by Gasteiger charge is 2.25. The molecule has 1 atom stereocenters. The number of carbonyl (C=O) groups is 1. The predicted molar refractivity (Wildman–Crippen MR) is 163 cm³/mol. The predicted octanol–water partition coefficient (Wildman–Crippen LogP) is 7.54. The molecule has 4 rings (SSSR count). The van der Waals surface area contributed by atoms with Gasteiger partial charge in [0.05, 0.1) is 11.0 Å². The summed E-state index contributed by atoms with van der Waals surface area (Å²) in [5.74, 6) is 1.25. The molecular weight excluding hydrogens is 534 g/mol. The molecule has 0 bridgehead atoms. The largest absolute Gasteiger partial charge is 0.346 e. The Kier molecular flexibility index (Phi) is 11.1. The average molecular weight is 572 g/mol. The number of nitro benzene ring substituents is 1. The molecule has 0 aliphatic carbocycles. The van der Waals surface area contributed by atoms with Gasteiger partial charge in [-0.15, -0.1) is 10.2 Å². The summed E-state index contributed by atoms with van der Waals surface area (Å²) in [6.07, 6.45) is 6.34. The van der Waals surface area contributed by atoms with Gasteiger partial charge in [-0.1, -0.05) is 105 Å². The van der Waals surface area contributed by atoms with Crippen molar-refractivity contribution in [3.05, 3.63) is 111 Å². The molecule has 214 valence electrons. The van der Waals surface area contributed by atoms with Crippen LogP contribution in [0.1, 0.15) is 74.0 Å². The van der Waals surface area contributed by atoms with E-state index in [0.717, 1.165) is 36.8 Å². The van der Waals surface area contributed by atoms with Gasteiger partial charge in [0.15, 0.2) is 11.0 Å². The lowest BCUT2D eigenvalue weighted by molar-refractivity contribution is -0.384. The molecule has 0 saturated heterocycles. The lowest BCUT2D eigenvalue weighted by Gasteiger charge is -2.20. The Morgan fingerprint density at radius 2 is 1.68 bits per heavy atom. The monoisotopic (exact) mass is 571 g/mol. The van der Waals surface area contributed by atoms with Gasteiger partial charge in [-0.3, -0.25) is 19.5 Å². The number of hydrogen-bond donors (Lipinski definition) is 1. The van der Waals surface area contributed by atoms with Crippen LogP contribution in [0.4, 0.5) is 5.69 Å². The summed E-state index contributed by atoms with van der Waals surface area (Å²) in [4.78, 5) is 24.0. The van der Waals surface area contributed by atoms with Gasteiger partial charge >= 0.3 is 0 Å². The molecule has 41 heavy (non-hydrogen) atoms. The molecule has 0 unspecified atom stereocenters. The number of thioether (sulfide) groups is 1. The second-order valence-corrected chi connectivity index (χ2v) is 11.1. The molecule has 8 nitrogen and oxygen atoms in total. The minimum atomic E-state index is -0.434. The van der Waals surface area contributed by atoms with E-state index in [1.54, 1.807) is 23.9 Å².